The minimum atomic E-state index is 0.450. The van der Waals surface area contributed by atoms with Crippen LogP contribution in [0.2, 0.25) is 0 Å². The molecule has 0 radical (unpaired) electrons. The highest BCUT2D eigenvalue weighted by Gasteiger charge is 2.07. The van der Waals surface area contributed by atoms with Crippen molar-refractivity contribution in [1.82, 2.24) is 5.32 Å². The van der Waals surface area contributed by atoms with Gasteiger partial charge in [0.2, 0.25) is 0 Å². The van der Waals surface area contributed by atoms with E-state index in [9.17, 15) is 0 Å². The lowest BCUT2D eigenvalue weighted by atomic mass is 10.2. The van der Waals surface area contributed by atoms with Gasteiger partial charge in [-0.25, -0.2) is 0 Å². The van der Waals surface area contributed by atoms with Crippen LogP contribution in [-0.4, -0.2) is 7.05 Å². The van der Waals surface area contributed by atoms with Crippen molar-refractivity contribution in [3.8, 4) is 5.75 Å². The third kappa shape index (κ3) is 3.61. The van der Waals surface area contributed by atoms with Crippen molar-refractivity contribution in [2.45, 2.75) is 27.0 Å². The van der Waals surface area contributed by atoms with Gasteiger partial charge in [-0.15, -0.1) is 0 Å². The van der Waals surface area contributed by atoms with E-state index in [-0.39, 0.29) is 0 Å². The van der Waals surface area contributed by atoms with Crippen molar-refractivity contribution in [2.24, 2.45) is 0 Å². The topological polar surface area (TPSA) is 34.4 Å². The molecule has 0 saturated heterocycles. The first-order valence-electron chi connectivity index (χ1n) is 6.22. The Kier molecular flexibility index (Phi) is 4.66. The van der Waals surface area contributed by atoms with Crippen LogP contribution < -0.4 is 10.1 Å². The summed E-state index contributed by atoms with van der Waals surface area (Å²) in [7, 11) is 1.91. The second kappa shape index (κ2) is 6.26. The summed E-state index contributed by atoms with van der Waals surface area (Å²) < 4.78 is 12.6. The zero-order valence-corrected chi connectivity index (χ0v) is 13.0. The summed E-state index contributed by atoms with van der Waals surface area (Å²) in [6, 6.07) is 7.97. The van der Waals surface area contributed by atoms with E-state index in [1.54, 1.807) is 0 Å². The molecule has 2 rings (SSSR count). The number of hydrogen-bond donors (Lipinski definition) is 1. The van der Waals surface area contributed by atoms with Crippen molar-refractivity contribution >= 4 is 15.9 Å². The largest absolute Gasteiger partial charge is 0.486 e. The lowest BCUT2D eigenvalue weighted by molar-refractivity contribution is 0.265. The summed E-state index contributed by atoms with van der Waals surface area (Å²) >= 11 is 3.47. The monoisotopic (exact) mass is 323 g/mol. The maximum atomic E-state index is 5.74. The lowest BCUT2D eigenvalue weighted by Crippen LogP contribution is -2.04. The molecule has 4 heteroatoms. The molecule has 1 aromatic heterocycles. The number of ether oxygens (including phenoxy) is 1. The quantitative estimate of drug-likeness (QED) is 0.904. The second-order valence-corrected chi connectivity index (χ2v) is 5.40. The Bertz CT molecular complexity index is 563. The molecule has 0 amide bonds. The summed E-state index contributed by atoms with van der Waals surface area (Å²) in [4.78, 5) is 0. The van der Waals surface area contributed by atoms with Gasteiger partial charge in [-0.3, -0.25) is 0 Å². The van der Waals surface area contributed by atoms with Crippen molar-refractivity contribution < 1.29 is 9.15 Å². The number of benzene rings is 1. The van der Waals surface area contributed by atoms with E-state index in [0.29, 0.717) is 6.61 Å². The van der Waals surface area contributed by atoms with Gasteiger partial charge in [0.15, 0.2) is 0 Å². The molecule has 0 aliphatic carbocycles. The highest BCUT2D eigenvalue weighted by molar-refractivity contribution is 9.10. The van der Waals surface area contributed by atoms with Crippen molar-refractivity contribution in [3.63, 3.8) is 0 Å². The fourth-order valence-electron chi connectivity index (χ4n) is 1.86. The molecular formula is C15H18BrNO2. The molecule has 0 unspecified atom stereocenters. The van der Waals surface area contributed by atoms with Crippen LogP contribution in [-0.2, 0) is 13.2 Å². The van der Waals surface area contributed by atoms with Crippen LogP contribution in [0.15, 0.2) is 33.2 Å². The molecular weight excluding hydrogens is 306 g/mol. The van der Waals surface area contributed by atoms with Crippen LogP contribution in [0.5, 0.6) is 5.75 Å². The van der Waals surface area contributed by atoms with Crippen LogP contribution in [0.4, 0.5) is 0 Å². The first kappa shape index (κ1) is 14.2. The Morgan fingerprint density at radius 1 is 1.21 bits per heavy atom. The molecule has 0 bridgehead atoms. The summed E-state index contributed by atoms with van der Waals surface area (Å²) in [6.07, 6.45) is 0. The zero-order chi connectivity index (χ0) is 13.8. The maximum Gasteiger partial charge on any atom is 0.146 e. The van der Waals surface area contributed by atoms with E-state index >= 15 is 0 Å². The van der Waals surface area contributed by atoms with E-state index < -0.39 is 0 Å². The minimum Gasteiger partial charge on any atom is -0.486 e. The van der Waals surface area contributed by atoms with Crippen LogP contribution >= 0.6 is 15.9 Å². The second-order valence-electron chi connectivity index (χ2n) is 4.55. The summed E-state index contributed by atoms with van der Waals surface area (Å²) in [5.74, 6) is 2.67. The fourth-order valence-corrected chi connectivity index (χ4v) is 2.11. The Hall–Kier alpha value is -1.26. The minimum absolute atomic E-state index is 0.450. The molecule has 0 spiro atoms. The fraction of sp³-hybridized carbons (Fsp3) is 0.333. The highest BCUT2D eigenvalue weighted by Crippen LogP contribution is 2.23. The van der Waals surface area contributed by atoms with E-state index in [1.165, 1.54) is 0 Å². The van der Waals surface area contributed by atoms with Gasteiger partial charge in [0, 0.05) is 4.47 Å². The molecule has 0 fully saturated rings. The molecule has 0 aliphatic heterocycles. The highest BCUT2D eigenvalue weighted by atomic mass is 79.9. The molecule has 0 saturated carbocycles. The van der Waals surface area contributed by atoms with Crippen molar-refractivity contribution in [2.75, 3.05) is 7.05 Å². The third-order valence-corrected chi connectivity index (χ3v) is 3.81. The Morgan fingerprint density at radius 3 is 2.68 bits per heavy atom. The molecule has 1 aromatic carbocycles. The average molecular weight is 324 g/mol. The van der Waals surface area contributed by atoms with Gasteiger partial charge in [0.1, 0.15) is 23.9 Å². The predicted molar refractivity (Wildman–Crippen MR) is 79.4 cm³/mol. The van der Waals surface area contributed by atoms with Crippen LogP contribution in [0, 0.1) is 13.8 Å². The first-order valence-corrected chi connectivity index (χ1v) is 7.01. The SMILES string of the molecule is CNCc1oc(COc2ccc(Br)c(C)c2)cc1C. The number of nitrogens with one attached hydrogen (secondary N) is 1. The summed E-state index contributed by atoms with van der Waals surface area (Å²) in [5.41, 5.74) is 2.31. The number of furan rings is 1. The standard InChI is InChI=1S/C15H18BrNO2/c1-10-6-12(4-5-14(10)16)18-9-13-7-11(2)15(19-13)8-17-3/h4-7,17H,8-9H2,1-3H3. The van der Waals surface area contributed by atoms with Crippen LogP contribution in [0.1, 0.15) is 22.6 Å². The Balaban J connectivity index is 2.01. The normalized spacial score (nSPS) is 10.7. The molecule has 3 nitrogen and oxygen atoms in total. The number of hydrogen-bond acceptors (Lipinski definition) is 3. The van der Waals surface area contributed by atoms with Gasteiger partial charge in [-0.2, -0.15) is 0 Å². The molecule has 2 aromatic rings. The molecule has 0 aliphatic rings. The average Bonchev–Trinajstić information content (AvgIpc) is 2.72. The predicted octanol–water partition coefficient (Wildman–Crippen LogP) is 3.96. The van der Waals surface area contributed by atoms with E-state index in [0.717, 1.165) is 39.4 Å². The Labute approximate surface area is 122 Å². The van der Waals surface area contributed by atoms with E-state index in [2.05, 4.69) is 21.2 Å². The molecule has 1 heterocycles. The van der Waals surface area contributed by atoms with Gasteiger partial charge >= 0.3 is 0 Å². The van der Waals surface area contributed by atoms with Gasteiger partial charge in [0.25, 0.3) is 0 Å². The Morgan fingerprint density at radius 2 is 2.00 bits per heavy atom. The van der Waals surface area contributed by atoms with Gasteiger partial charge in [0.05, 0.1) is 6.54 Å². The number of halogens is 1. The summed E-state index contributed by atoms with van der Waals surface area (Å²) in [6.45, 7) is 5.28. The third-order valence-electron chi connectivity index (χ3n) is 2.92. The molecule has 19 heavy (non-hydrogen) atoms. The first-order chi connectivity index (χ1) is 9.10. The zero-order valence-electron chi connectivity index (χ0n) is 11.4. The van der Waals surface area contributed by atoms with E-state index in [4.69, 9.17) is 9.15 Å². The molecule has 0 atom stereocenters. The summed E-state index contributed by atoms with van der Waals surface area (Å²) in [5, 5.41) is 3.09. The van der Waals surface area contributed by atoms with Gasteiger partial charge in [-0.05, 0) is 56.3 Å². The number of aryl methyl sites for hydroxylation is 2. The van der Waals surface area contributed by atoms with Crippen molar-refractivity contribution in [3.05, 3.63) is 51.4 Å². The molecule has 102 valence electrons. The number of rotatable bonds is 5. The smallest absolute Gasteiger partial charge is 0.146 e. The van der Waals surface area contributed by atoms with Crippen LogP contribution in [0.25, 0.3) is 0 Å². The van der Waals surface area contributed by atoms with Crippen molar-refractivity contribution in [1.29, 1.82) is 0 Å². The van der Waals surface area contributed by atoms with Gasteiger partial charge in [-0.1, -0.05) is 15.9 Å². The van der Waals surface area contributed by atoms with Crippen LogP contribution in [0.3, 0.4) is 0 Å². The molecule has 1 N–H and O–H groups in total. The van der Waals surface area contributed by atoms with Gasteiger partial charge < -0.3 is 14.5 Å². The lowest BCUT2D eigenvalue weighted by Gasteiger charge is -2.06. The van der Waals surface area contributed by atoms with E-state index in [1.807, 2.05) is 45.2 Å². The maximum absolute atomic E-state index is 5.74.